The zero-order valence-corrected chi connectivity index (χ0v) is 11.2. The summed E-state index contributed by atoms with van der Waals surface area (Å²) in [6, 6.07) is 0. The molecule has 0 N–H and O–H groups in total. The number of hydrogen-bond donors (Lipinski definition) is 0. The average Bonchev–Trinajstić information content (AvgIpc) is 2.65. The van der Waals surface area contributed by atoms with Crippen molar-refractivity contribution in [3.8, 4) is 0 Å². The smallest absolute Gasteiger partial charge is 0.0548 e. The lowest BCUT2D eigenvalue weighted by Crippen LogP contribution is -2.50. The molecule has 2 aliphatic heterocycles. The van der Waals surface area contributed by atoms with Gasteiger partial charge in [0.25, 0.3) is 0 Å². The van der Waals surface area contributed by atoms with E-state index in [9.17, 15) is 0 Å². The van der Waals surface area contributed by atoms with E-state index in [2.05, 4.69) is 27.7 Å². The van der Waals surface area contributed by atoms with Gasteiger partial charge < -0.3 is 9.47 Å². The number of hydrogen-bond acceptors (Lipinski definition) is 2. The van der Waals surface area contributed by atoms with Crippen LogP contribution in [0.4, 0.5) is 0 Å². The van der Waals surface area contributed by atoms with E-state index in [1.54, 1.807) is 0 Å². The molecule has 0 amide bonds. The van der Waals surface area contributed by atoms with Crippen molar-refractivity contribution in [2.75, 3.05) is 26.4 Å². The van der Waals surface area contributed by atoms with Crippen molar-refractivity contribution in [1.82, 2.24) is 0 Å². The number of rotatable bonds is 2. The van der Waals surface area contributed by atoms with E-state index in [4.69, 9.17) is 9.47 Å². The highest BCUT2D eigenvalue weighted by atomic mass is 16.5. The van der Waals surface area contributed by atoms with Gasteiger partial charge in [-0.15, -0.1) is 0 Å². The standard InChI is InChI=1S/C14H26O2/c1-10(2)12-7-16-9-14(5-6-15-8-14)13(12)11(3)4/h10-13H,5-9H2,1-4H3. The van der Waals surface area contributed by atoms with E-state index in [1.807, 2.05) is 0 Å². The Morgan fingerprint density at radius 3 is 2.19 bits per heavy atom. The molecule has 0 aliphatic carbocycles. The Hall–Kier alpha value is -0.0800. The van der Waals surface area contributed by atoms with Gasteiger partial charge in [0.15, 0.2) is 0 Å². The third kappa shape index (κ3) is 2.02. The quantitative estimate of drug-likeness (QED) is 0.720. The Balaban J connectivity index is 2.23. The van der Waals surface area contributed by atoms with Crippen LogP contribution < -0.4 is 0 Å². The molecule has 1 spiro atoms. The van der Waals surface area contributed by atoms with Crippen LogP contribution in [0, 0.1) is 29.1 Å². The van der Waals surface area contributed by atoms with E-state index >= 15 is 0 Å². The molecule has 0 aromatic rings. The molecule has 3 atom stereocenters. The highest BCUT2D eigenvalue weighted by molar-refractivity contribution is 4.97. The monoisotopic (exact) mass is 226 g/mol. The zero-order chi connectivity index (χ0) is 11.8. The molecule has 0 aromatic heterocycles. The maximum absolute atomic E-state index is 5.88. The maximum Gasteiger partial charge on any atom is 0.0548 e. The normalized spacial score (nSPS) is 40.1. The summed E-state index contributed by atoms with van der Waals surface area (Å²) in [5.74, 6) is 2.92. The second kappa shape index (κ2) is 4.66. The van der Waals surface area contributed by atoms with Gasteiger partial charge in [-0.05, 0) is 30.1 Å². The fraction of sp³-hybridized carbons (Fsp3) is 1.00. The van der Waals surface area contributed by atoms with E-state index < -0.39 is 0 Å². The number of ether oxygens (including phenoxy) is 2. The Morgan fingerprint density at radius 1 is 1.00 bits per heavy atom. The lowest BCUT2D eigenvalue weighted by Gasteiger charge is -2.48. The van der Waals surface area contributed by atoms with Gasteiger partial charge in [-0.1, -0.05) is 27.7 Å². The zero-order valence-electron chi connectivity index (χ0n) is 11.2. The minimum Gasteiger partial charge on any atom is -0.381 e. The van der Waals surface area contributed by atoms with Crippen molar-refractivity contribution in [2.24, 2.45) is 29.1 Å². The molecule has 2 heterocycles. The average molecular weight is 226 g/mol. The van der Waals surface area contributed by atoms with Crippen molar-refractivity contribution in [3.05, 3.63) is 0 Å². The van der Waals surface area contributed by atoms with Gasteiger partial charge in [0.05, 0.1) is 13.2 Å². The molecular weight excluding hydrogens is 200 g/mol. The summed E-state index contributed by atoms with van der Waals surface area (Å²) in [6.07, 6.45) is 1.19. The maximum atomic E-state index is 5.88. The molecule has 0 radical (unpaired) electrons. The molecule has 3 unspecified atom stereocenters. The first kappa shape index (κ1) is 12.4. The summed E-state index contributed by atoms with van der Waals surface area (Å²) >= 11 is 0. The van der Waals surface area contributed by atoms with Crippen molar-refractivity contribution in [1.29, 1.82) is 0 Å². The van der Waals surface area contributed by atoms with Crippen LogP contribution in [0.15, 0.2) is 0 Å². The van der Waals surface area contributed by atoms with E-state index in [0.29, 0.717) is 17.3 Å². The summed E-state index contributed by atoms with van der Waals surface area (Å²) < 4.78 is 11.5. The molecule has 94 valence electrons. The van der Waals surface area contributed by atoms with Crippen LogP contribution in [0.2, 0.25) is 0 Å². The topological polar surface area (TPSA) is 18.5 Å². The highest BCUT2D eigenvalue weighted by Gasteiger charge is 2.50. The Labute approximate surface area is 99.7 Å². The van der Waals surface area contributed by atoms with Crippen LogP contribution in [0.3, 0.4) is 0 Å². The minimum absolute atomic E-state index is 0.321. The fourth-order valence-corrected chi connectivity index (χ4v) is 3.86. The van der Waals surface area contributed by atoms with Crippen molar-refractivity contribution < 1.29 is 9.47 Å². The van der Waals surface area contributed by atoms with Crippen LogP contribution in [0.25, 0.3) is 0 Å². The summed E-state index contributed by atoms with van der Waals surface area (Å²) in [7, 11) is 0. The molecule has 2 fully saturated rings. The van der Waals surface area contributed by atoms with Crippen LogP contribution >= 0.6 is 0 Å². The van der Waals surface area contributed by atoms with Gasteiger partial charge in [0, 0.05) is 18.6 Å². The summed E-state index contributed by atoms with van der Waals surface area (Å²) in [5, 5.41) is 0. The molecule has 2 nitrogen and oxygen atoms in total. The molecular formula is C14H26O2. The van der Waals surface area contributed by atoms with Gasteiger partial charge in [-0.2, -0.15) is 0 Å². The summed E-state index contributed by atoms with van der Waals surface area (Å²) in [5.41, 5.74) is 0.321. The molecule has 2 aliphatic rings. The molecule has 2 heteroatoms. The van der Waals surface area contributed by atoms with Gasteiger partial charge in [-0.3, -0.25) is 0 Å². The molecule has 2 rings (SSSR count). The fourth-order valence-electron chi connectivity index (χ4n) is 3.86. The minimum atomic E-state index is 0.321. The van der Waals surface area contributed by atoms with Crippen LogP contribution in [0.1, 0.15) is 34.1 Å². The SMILES string of the molecule is CC(C)C1COCC2(CCOC2)C1C(C)C. The van der Waals surface area contributed by atoms with Crippen molar-refractivity contribution in [2.45, 2.75) is 34.1 Å². The molecule has 2 saturated heterocycles. The van der Waals surface area contributed by atoms with Crippen LogP contribution in [-0.4, -0.2) is 26.4 Å². The first-order chi connectivity index (χ1) is 7.57. The summed E-state index contributed by atoms with van der Waals surface area (Å²) in [4.78, 5) is 0. The lowest BCUT2D eigenvalue weighted by atomic mass is 9.61. The second-order valence-electron chi connectivity index (χ2n) is 6.36. The second-order valence-corrected chi connectivity index (χ2v) is 6.36. The predicted octanol–water partition coefficient (Wildman–Crippen LogP) is 2.97. The first-order valence-electron chi connectivity index (χ1n) is 6.72. The third-order valence-electron chi connectivity index (χ3n) is 4.58. The van der Waals surface area contributed by atoms with E-state index in [-0.39, 0.29) is 0 Å². The first-order valence-corrected chi connectivity index (χ1v) is 6.72. The summed E-state index contributed by atoms with van der Waals surface area (Å²) in [6.45, 7) is 13.1. The van der Waals surface area contributed by atoms with Crippen molar-refractivity contribution >= 4 is 0 Å². The predicted molar refractivity (Wildman–Crippen MR) is 65.3 cm³/mol. The van der Waals surface area contributed by atoms with E-state index in [0.717, 1.165) is 38.3 Å². The highest BCUT2D eigenvalue weighted by Crippen LogP contribution is 2.49. The third-order valence-corrected chi connectivity index (χ3v) is 4.58. The molecule has 16 heavy (non-hydrogen) atoms. The van der Waals surface area contributed by atoms with E-state index in [1.165, 1.54) is 6.42 Å². The largest absolute Gasteiger partial charge is 0.381 e. The molecule has 0 bridgehead atoms. The van der Waals surface area contributed by atoms with Gasteiger partial charge >= 0.3 is 0 Å². The Kier molecular flexibility index (Phi) is 3.60. The Bertz CT molecular complexity index is 229. The van der Waals surface area contributed by atoms with Crippen molar-refractivity contribution in [3.63, 3.8) is 0 Å². The molecule has 0 aromatic carbocycles. The lowest BCUT2D eigenvalue weighted by molar-refractivity contribution is -0.120. The Morgan fingerprint density at radius 2 is 1.69 bits per heavy atom. The van der Waals surface area contributed by atoms with Crippen LogP contribution in [-0.2, 0) is 9.47 Å². The van der Waals surface area contributed by atoms with Gasteiger partial charge in [0.1, 0.15) is 0 Å². The van der Waals surface area contributed by atoms with Crippen LogP contribution in [0.5, 0.6) is 0 Å². The molecule has 0 saturated carbocycles. The van der Waals surface area contributed by atoms with Gasteiger partial charge in [-0.25, -0.2) is 0 Å². The van der Waals surface area contributed by atoms with Gasteiger partial charge in [0.2, 0.25) is 0 Å².